The lowest BCUT2D eigenvalue weighted by Gasteiger charge is -2.10. The zero-order chi connectivity index (χ0) is 23.5. The Hall–Kier alpha value is -3.64. The number of hydrogen-bond donors (Lipinski definition) is 2. The molecule has 0 aliphatic heterocycles. The molecule has 0 unspecified atom stereocenters. The molecule has 0 aliphatic rings. The number of hydrogen-bond acceptors (Lipinski definition) is 4. The molecule has 0 saturated heterocycles. The number of para-hydroxylation sites is 1. The van der Waals surface area contributed by atoms with Crippen molar-refractivity contribution in [1.29, 1.82) is 0 Å². The third kappa shape index (κ3) is 4.91. The van der Waals surface area contributed by atoms with Gasteiger partial charge >= 0.3 is 5.97 Å². The highest BCUT2D eigenvalue weighted by molar-refractivity contribution is 5.87. The van der Waals surface area contributed by atoms with Gasteiger partial charge in [0.25, 0.3) is 0 Å². The Morgan fingerprint density at radius 3 is 2.52 bits per heavy atom. The first-order valence-corrected chi connectivity index (χ1v) is 11.1. The standard InChI is InChI=1S/C27H29N3O3/c1-17(2)30-25-12-11-21(20-9-6-8-19(13-20)18(3)28)14-23(25)24(29-30)16-33-26-10-5-4-7-22(26)15-27(31)32/h4-14,17-18H,15-16,28H2,1-3H3,(H,31,32)/t18-/m1/s1. The Morgan fingerprint density at radius 1 is 1.03 bits per heavy atom. The van der Waals surface area contributed by atoms with Crippen LogP contribution in [0.25, 0.3) is 22.0 Å². The minimum atomic E-state index is -0.890. The average molecular weight is 444 g/mol. The number of benzene rings is 3. The van der Waals surface area contributed by atoms with Gasteiger partial charge < -0.3 is 15.6 Å². The van der Waals surface area contributed by atoms with Gasteiger partial charge in [0, 0.05) is 23.0 Å². The fourth-order valence-corrected chi connectivity index (χ4v) is 3.99. The summed E-state index contributed by atoms with van der Waals surface area (Å²) in [6, 6.07) is 22.0. The fraction of sp³-hybridized carbons (Fsp3) is 0.259. The van der Waals surface area contributed by atoms with E-state index < -0.39 is 5.97 Å². The summed E-state index contributed by atoms with van der Waals surface area (Å²) in [7, 11) is 0. The van der Waals surface area contributed by atoms with Crippen LogP contribution in [0.3, 0.4) is 0 Å². The Balaban J connectivity index is 1.72. The summed E-state index contributed by atoms with van der Waals surface area (Å²) in [4.78, 5) is 11.2. The van der Waals surface area contributed by atoms with Gasteiger partial charge in [0.1, 0.15) is 18.1 Å². The molecule has 1 aromatic heterocycles. The lowest BCUT2D eigenvalue weighted by atomic mass is 9.99. The van der Waals surface area contributed by atoms with Crippen molar-refractivity contribution in [3.05, 3.63) is 83.6 Å². The van der Waals surface area contributed by atoms with E-state index in [0.29, 0.717) is 11.3 Å². The van der Waals surface area contributed by atoms with Crippen LogP contribution >= 0.6 is 0 Å². The van der Waals surface area contributed by atoms with E-state index in [1.807, 2.05) is 35.9 Å². The number of nitrogens with two attached hydrogens (primary N) is 1. The fourth-order valence-electron chi connectivity index (χ4n) is 3.99. The molecule has 0 saturated carbocycles. The minimum absolute atomic E-state index is 0.0350. The molecule has 170 valence electrons. The first kappa shape index (κ1) is 22.6. The molecule has 0 radical (unpaired) electrons. The van der Waals surface area contributed by atoms with Crippen molar-refractivity contribution in [1.82, 2.24) is 9.78 Å². The van der Waals surface area contributed by atoms with E-state index in [9.17, 15) is 9.90 Å². The summed E-state index contributed by atoms with van der Waals surface area (Å²) in [6.07, 6.45) is -0.0859. The van der Waals surface area contributed by atoms with E-state index in [4.69, 9.17) is 15.6 Å². The highest BCUT2D eigenvalue weighted by Gasteiger charge is 2.16. The van der Waals surface area contributed by atoms with Gasteiger partial charge in [-0.05, 0) is 61.7 Å². The van der Waals surface area contributed by atoms with E-state index in [2.05, 4.69) is 44.2 Å². The van der Waals surface area contributed by atoms with Crippen LogP contribution in [0.1, 0.15) is 49.7 Å². The van der Waals surface area contributed by atoms with Crippen LogP contribution in [0.4, 0.5) is 0 Å². The normalized spacial score (nSPS) is 12.3. The van der Waals surface area contributed by atoms with E-state index in [0.717, 1.165) is 33.3 Å². The predicted octanol–water partition coefficient (Wildman–Crippen LogP) is 5.51. The van der Waals surface area contributed by atoms with Gasteiger partial charge in [-0.2, -0.15) is 5.10 Å². The molecule has 0 bridgehead atoms. The van der Waals surface area contributed by atoms with Crippen LogP contribution in [0.15, 0.2) is 66.7 Å². The Kier molecular flexibility index (Phi) is 6.47. The second-order valence-electron chi connectivity index (χ2n) is 8.60. The second kappa shape index (κ2) is 9.46. The number of rotatable bonds is 8. The summed E-state index contributed by atoms with van der Waals surface area (Å²) in [6.45, 7) is 6.42. The molecule has 0 fully saturated rings. The van der Waals surface area contributed by atoms with Crippen molar-refractivity contribution >= 4 is 16.9 Å². The van der Waals surface area contributed by atoms with Gasteiger partial charge in [-0.1, -0.05) is 42.5 Å². The largest absolute Gasteiger partial charge is 0.487 e. The lowest BCUT2D eigenvalue weighted by molar-refractivity contribution is -0.136. The first-order chi connectivity index (χ1) is 15.8. The maximum atomic E-state index is 11.2. The molecule has 0 amide bonds. The topological polar surface area (TPSA) is 90.4 Å². The van der Waals surface area contributed by atoms with Crippen LogP contribution in [-0.2, 0) is 17.8 Å². The molecule has 3 aromatic carbocycles. The number of carbonyl (C=O) groups is 1. The van der Waals surface area contributed by atoms with Crippen molar-refractivity contribution in [2.24, 2.45) is 5.73 Å². The molecular formula is C27H29N3O3. The van der Waals surface area contributed by atoms with Gasteiger partial charge in [-0.3, -0.25) is 9.48 Å². The third-order valence-electron chi connectivity index (χ3n) is 5.70. The van der Waals surface area contributed by atoms with Gasteiger partial charge in [0.15, 0.2) is 0 Å². The molecule has 3 N–H and O–H groups in total. The highest BCUT2D eigenvalue weighted by atomic mass is 16.5. The molecule has 6 nitrogen and oxygen atoms in total. The first-order valence-electron chi connectivity index (χ1n) is 11.1. The number of fused-ring (bicyclic) bond motifs is 1. The van der Waals surface area contributed by atoms with Crippen LogP contribution in [0.5, 0.6) is 5.75 Å². The molecule has 1 atom stereocenters. The monoisotopic (exact) mass is 443 g/mol. The van der Waals surface area contributed by atoms with Gasteiger partial charge in [0.05, 0.1) is 11.9 Å². The van der Waals surface area contributed by atoms with Crippen molar-refractivity contribution in [3.63, 3.8) is 0 Å². The lowest BCUT2D eigenvalue weighted by Crippen LogP contribution is -2.06. The molecular weight excluding hydrogens is 414 g/mol. The summed E-state index contributed by atoms with van der Waals surface area (Å²) in [5.74, 6) is -0.327. The third-order valence-corrected chi connectivity index (χ3v) is 5.70. The van der Waals surface area contributed by atoms with Crippen LogP contribution < -0.4 is 10.5 Å². The molecule has 4 aromatic rings. The number of carboxylic acids is 1. The minimum Gasteiger partial charge on any atom is -0.487 e. The molecule has 0 aliphatic carbocycles. The SMILES string of the molecule is CC(C)n1nc(COc2ccccc2CC(=O)O)c2cc(-c3cccc([C@@H](C)N)c3)ccc21. The maximum absolute atomic E-state index is 11.2. The molecule has 4 rings (SSSR count). The summed E-state index contributed by atoms with van der Waals surface area (Å²) in [5, 5.41) is 15.0. The smallest absolute Gasteiger partial charge is 0.307 e. The quantitative estimate of drug-likeness (QED) is 0.375. The van der Waals surface area contributed by atoms with Crippen molar-refractivity contribution in [2.75, 3.05) is 0 Å². The van der Waals surface area contributed by atoms with E-state index >= 15 is 0 Å². The Morgan fingerprint density at radius 2 is 1.79 bits per heavy atom. The van der Waals surface area contributed by atoms with E-state index in [1.165, 1.54) is 0 Å². The summed E-state index contributed by atoms with van der Waals surface area (Å²) in [5.41, 5.74) is 11.8. The van der Waals surface area contributed by atoms with Crippen molar-refractivity contribution in [2.45, 2.75) is 45.9 Å². The van der Waals surface area contributed by atoms with E-state index in [-0.39, 0.29) is 25.1 Å². The van der Waals surface area contributed by atoms with Gasteiger partial charge in [-0.15, -0.1) is 0 Å². The number of nitrogens with zero attached hydrogens (tertiary/aromatic N) is 2. The Bertz CT molecular complexity index is 1290. The van der Waals surface area contributed by atoms with Crippen LogP contribution in [0.2, 0.25) is 0 Å². The second-order valence-corrected chi connectivity index (χ2v) is 8.60. The zero-order valence-electron chi connectivity index (χ0n) is 19.2. The highest BCUT2D eigenvalue weighted by Crippen LogP contribution is 2.30. The Labute approximate surface area is 193 Å². The summed E-state index contributed by atoms with van der Waals surface area (Å²) >= 11 is 0. The maximum Gasteiger partial charge on any atom is 0.307 e. The summed E-state index contributed by atoms with van der Waals surface area (Å²) < 4.78 is 8.07. The van der Waals surface area contributed by atoms with Gasteiger partial charge in [-0.25, -0.2) is 0 Å². The number of ether oxygens (including phenoxy) is 1. The molecule has 0 spiro atoms. The molecule has 33 heavy (non-hydrogen) atoms. The number of carboxylic acid groups (broad SMARTS) is 1. The van der Waals surface area contributed by atoms with Crippen molar-refractivity contribution < 1.29 is 14.6 Å². The van der Waals surface area contributed by atoms with Crippen molar-refractivity contribution in [3.8, 4) is 16.9 Å². The number of aromatic nitrogens is 2. The molecule has 6 heteroatoms. The average Bonchev–Trinajstić information content (AvgIpc) is 3.16. The van der Waals surface area contributed by atoms with Gasteiger partial charge in [0.2, 0.25) is 0 Å². The van der Waals surface area contributed by atoms with E-state index in [1.54, 1.807) is 12.1 Å². The predicted molar refractivity (Wildman–Crippen MR) is 130 cm³/mol. The van der Waals surface area contributed by atoms with Crippen LogP contribution in [0, 0.1) is 0 Å². The van der Waals surface area contributed by atoms with Crippen LogP contribution in [-0.4, -0.2) is 20.9 Å². The molecule has 1 heterocycles. The zero-order valence-corrected chi connectivity index (χ0v) is 19.2. The number of aliphatic carboxylic acids is 1.